The van der Waals surface area contributed by atoms with Crippen LogP contribution in [0.3, 0.4) is 0 Å². The van der Waals surface area contributed by atoms with Crippen molar-refractivity contribution >= 4 is 16.9 Å². The van der Waals surface area contributed by atoms with Crippen LogP contribution in [-0.4, -0.2) is 28.6 Å². The molecule has 0 saturated carbocycles. The van der Waals surface area contributed by atoms with E-state index in [-0.39, 0.29) is 5.91 Å². The van der Waals surface area contributed by atoms with Gasteiger partial charge in [-0.3, -0.25) is 4.79 Å². The van der Waals surface area contributed by atoms with Gasteiger partial charge in [-0.1, -0.05) is 30.3 Å². The Labute approximate surface area is 166 Å². The summed E-state index contributed by atoms with van der Waals surface area (Å²) in [5.74, 6) is 2.07. The number of carbonyl (C=O) groups excluding carboxylic acids is 1. The number of imidazole rings is 1. The van der Waals surface area contributed by atoms with Crippen LogP contribution in [0.15, 0.2) is 48.5 Å². The molecule has 0 spiro atoms. The zero-order valence-corrected chi connectivity index (χ0v) is 16.8. The number of hydrogen-bond acceptors (Lipinski definition) is 3. The number of nitrogens with one attached hydrogen (secondary N) is 1. The molecule has 0 unspecified atom stereocenters. The number of aryl methyl sites for hydroxylation is 3. The highest BCUT2D eigenvalue weighted by Crippen LogP contribution is 2.19. The summed E-state index contributed by atoms with van der Waals surface area (Å²) in [6.45, 7) is 5.94. The first-order chi connectivity index (χ1) is 13.6. The highest BCUT2D eigenvalue weighted by atomic mass is 16.5. The molecule has 0 bridgehead atoms. The van der Waals surface area contributed by atoms with E-state index >= 15 is 0 Å². The summed E-state index contributed by atoms with van der Waals surface area (Å²) in [6.07, 6.45) is 3.77. The molecule has 0 fully saturated rings. The van der Waals surface area contributed by atoms with Gasteiger partial charge in [-0.15, -0.1) is 0 Å². The molecule has 1 amide bonds. The summed E-state index contributed by atoms with van der Waals surface area (Å²) in [4.78, 5) is 15.9. The maximum Gasteiger partial charge on any atom is 0.216 e. The Bertz CT molecular complexity index is 917. The average molecular weight is 380 g/mol. The van der Waals surface area contributed by atoms with Crippen molar-refractivity contribution in [2.24, 2.45) is 0 Å². The first-order valence-corrected chi connectivity index (χ1v) is 10.0. The molecule has 1 heterocycles. The van der Waals surface area contributed by atoms with Crippen LogP contribution in [0.2, 0.25) is 0 Å². The van der Waals surface area contributed by atoms with E-state index in [0.29, 0.717) is 6.54 Å². The number of para-hydroxylation sites is 3. The zero-order chi connectivity index (χ0) is 19.8. The van der Waals surface area contributed by atoms with E-state index in [2.05, 4.69) is 41.1 Å². The first-order valence-electron chi connectivity index (χ1n) is 10.0. The van der Waals surface area contributed by atoms with E-state index in [1.165, 1.54) is 11.1 Å². The van der Waals surface area contributed by atoms with E-state index in [4.69, 9.17) is 9.72 Å². The van der Waals surface area contributed by atoms with E-state index < -0.39 is 0 Å². The van der Waals surface area contributed by atoms with Gasteiger partial charge in [0.05, 0.1) is 17.6 Å². The molecule has 28 heavy (non-hydrogen) atoms. The highest BCUT2D eigenvalue weighted by molar-refractivity contribution is 5.76. The second-order valence-corrected chi connectivity index (χ2v) is 7.08. The first kappa shape index (κ1) is 19.9. The van der Waals surface area contributed by atoms with Crippen LogP contribution >= 0.6 is 0 Å². The SMILES string of the molecule is CC(=O)NCCCc1nc2ccccc2n1CCCCOc1ccccc1C. The Kier molecular flexibility index (Phi) is 7.06. The molecule has 0 radical (unpaired) electrons. The van der Waals surface area contributed by atoms with Gasteiger partial charge in [-0.2, -0.15) is 0 Å². The number of unbranched alkanes of at least 4 members (excludes halogenated alkanes) is 1. The van der Waals surface area contributed by atoms with Gasteiger partial charge >= 0.3 is 0 Å². The number of hydrogen-bond donors (Lipinski definition) is 1. The van der Waals surface area contributed by atoms with Crippen LogP contribution < -0.4 is 10.1 Å². The largest absolute Gasteiger partial charge is 0.493 e. The number of ether oxygens (including phenoxy) is 1. The maximum atomic E-state index is 11.0. The summed E-state index contributed by atoms with van der Waals surface area (Å²) in [7, 11) is 0. The Balaban J connectivity index is 1.55. The topological polar surface area (TPSA) is 56.2 Å². The van der Waals surface area contributed by atoms with Crippen molar-refractivity contribution in [2.45, 2.75) is 46.1 Å². The molecule has 5 heteroatoms. The standard InChI is InChI=1S/C23H29N3O2/c1-18-10-3-6-13-22(18)28-17-8-7-16-26-21-12-5-4-11-20(21)25-23(26)14-9-15-24-19(2)27/h3-6,10-13H,7-9,14-17H2,1-2H3,(H,24,27). The Hall–Kier alpha value is -2.82. The number of fused-ring (bicyclic) bond motifs is 1. The van der Waals surface area contributed by atoms with Crippen molar-refractivity contribution in [3.05, 3.63) is 59.9 Å². The Morgan fingerprint density at radius 3 is 2.68 bits per heavy atom. The van der Waals surface area contributed by atoms with Crippen molar-refractivity contribution < 1.29 is 9.53 Å². The molecule has 148 valence electrons. The number of aromatic nitrogens is 2. The second kappa shape index (κ2) is 9.93. The number of amides is 1. The highest BCUT2D eigenvalue weighted by Gasteiger charge is 2.10. The molecule has 0 saturated heterocycles. The van der Waals surface area contributed by atoms with E-state index in [9.17, 15) is 4.79 Å². The molecule has 3 aromatic rings. The summed E-state index contributed by atoms with van der Waals surface area (Å²) in [5.41, 5.74) is 3.38. The number of benzene rings is 2. The fourth-order valence-corrected chi connectivity index (χ4v) is 3.35. The third kappa shape index (κ3) is 5.35. The molecule has 2 aromatic carbocycles. The third-order valence-corrected chi connectivity index (χ3v) is 4.81. The quantitative estimate of drug-likeness (QED) is 0.535. The van der Waals surface area contributed by atoms with Gasteiger partial charge in [0.15, 0.2) is 0 Å². The van der Waals surface area contributed by atoms with Crippen LogP contribution in [0.25, 0.3) is 11.0 Å². The van der Waals surface area contributed by atoms with Crippen molar-refractivity contribution in [1.29, 1.82) is 0 Å². The van der Waals surface area contributed by atoms with Gasteiger partial charge in [0, 0.05) is 26.4 Å². The molecular formula is C23H29N3O2. The lowest BCUT2D eigenvalue weighted by atomic mass is 10.2. The average Bonchev–Trinajstić information content (AvgIpc) is 3.04. The number of rotatable bonds is 10. The van der Waals surface area contributed by atoms with E-state index in [0.717, 1.165) is 55.9 Å². The minimum Gasteiger partial charge on any atom is -0.493 e. The van der Waals surface area contributed by atoms with Crippen molar-refractivity contribution in [1.82, 2.24) is 14.9 Å². The molecule has 0 aliphatic rings. The fraction of sp³-hybridized carbons (Fsp3) is 0.391. The van der Waals surface area contributed by atoms with Crippen molar-refractivity contribution in [3.63, 3.8) is 0 Å². The van der Waals surface area contributed by atoms with Gasteiger partial charge in [0.2, 0.25) is 5.91 Å². The minimum absolute atomic E-state index is 0.0159. The number of carbonyl (C=O) groups is 1. The van der Waals surface area contributed by atoms with Gasteiger partial charge in [-0.25, -0.2) is 4.98 Å². The van der Waals surface area contributed by atoms with Crippen LogP contribution in [0.5, 0.6) is 5.75 Å². The monoisotopic (exact) mass is 379 g/mol. The lowest BCUT2D eigenvalue weighted by molar-refractivity contribution is -0.118. The lowest BCUT2D eigenvalue weighted by Crippen LogP contribution is -2.21. The summed E-state index contributed by atoms with van der Waals surface area (Å²) in [6, 6.07) is 16.4. The van der Waals surface area contributed by atoms with Crippen LogP contribution in [-0.2, 0) is 17.8 Å². The van der Waals surface area contributed by atoms with E-state index in [1.54, 1.807) is 6.92 Å². The minimum atomic E-state index is 0.0159. The molecule has 1 aromatic heterocycles. The summed E-state index contributed by atoms with van der Waals surface area (Å²) >= 11 is 0. The summed E-state index contributed by atoms with van der Waals surface area (Å²) in [5, 5.41) is 2.86. The molecule has 1 N–H and O–H groups in total. The Morgan fingerprint density at radius 2 is 1.86 bits per heavy atom. The van der Waals surface area contributed by atoms with Gasteiger partial charge in [-0.05, 0) is 49.9 Å². The second-order valence-electron chi connectivity index (χ2n) is 7.08. The molecule has 3 rings (SSSR count). The predicted molar refractivity (Wildman–Crippen MR) is 113 cm³/mol. The van der Waals surface area contributed by atoms with Crippen LogP contribution in [0.4, 0.5) is 0 Å². The van der Waals surface area contributed by atoms with Gasteiger partial charge < -0.3 is 14.6 Å². The Morgan fingerprint density at radius 1 is 1.07 bits per heavy atom. The third-order valence-electron chi connectivity index (χ3n) is 4.81. The molecular weight excluding hydrogens is 350 g/mol. The van der Waals surface area contributed by atoms with Crippen molar-refractivity contribution in [2.75, 3.05) is 13.2 Å². The summed E-state index contributed by atoms with van der Waals surface area (Å²) < 4.78 is 8.23. The van der Waals surface area contributed by atoms with E-state index in [1.807, 2.05) is 24.3 Å². The van der Waals surface area contributed by atoms with Gasteiger partial charge in [0.25, 0.3) is 0 Å². The number of nitrogens with zero attached hydrogens (tertiary/aromatic N) is 2. The molecule has 0 aliphatic heterocycles. The van der Waals surface area contributed by atoms with Crippen molar-refractivity contribution in [3.8, 4) is 5.75 Å². The van der Waals surface area contributed by atoms with Crippen LogP contribution in [0.1, 0.15) is 37.6 Å². The predicted octanol–water partition coefficient (Wildman–Crippen LogP) is 4.27. The zero-order valence-electron chi connectivity index (χ0n) is 16.8. The molecule has 5 nitrogen and oxygen atoms in total. The van der Waals surface area contributed by atoms with Crippen LogP contribution in [0, 0.1) is 6.92 Å². The fourth-order valence-electron chi connectivity index (χ4n) is 3.35. The lowest BCUT2D eigenvalue weighted by Gasteiger charge is -2.11. The molecule has 0 aliphatic carbocycles. The molecule has 0 atom stereocenters. The van der Waals surface area contributed by atoms with Gasteiger partial charge in [0.1, 0.15) is 11.6 Å². The smallest absolute Gasteiger partial charge is 0.216 e. The normalized spacial score (nSPS) is 10.9. The maximum absolute atomic E-state index is 11.0.